The molecule has 150 valence electrons. The average Bonchev–Trinajstić information content (AvgIpc) is 2.73. The van der Waals surface area contributed by atoms with Gasteiger partial charge in [0, 0.05) is 12.1 Å². The number of nitrogens with one attached hydrogen (secondary N) is 1. The predicted octanol–water partition coefficient (Wildman–Crippen LogP) is 5.33. The first-order valence-electron chi connectivity index (χ1n) is 9.83. The molecule has 4 nitrogen and oxygen atoms in total. The molecule has 3 rings (SSSR count). The quantitative estimate of drug-likeness (QED) is 0.566. The molecule has 0 bridgehead atoms. The Morgan fingerprint density at radius 2 is 1.55 bits per heavy atom. The monoisotopic (exact) mass is 389 g/mol. The molecular formula is C25H27NO3. The van der Waals surface area contributed by atoms with Crippen LogP contribution in [-0.4, -0.2) is 18.6 Å². The Hall–Kier alpha value is -3.27. The lowest BCUT2D eigenvalue weighted by molar-refractivity contribution is -0.122. The Labute approximate surface area is 172 Å². The van der Waals surface area contributed by atoms with Gasteiger partial charge in [0.2, 0.25) is 0 Å². The summed E-state index contributed by atoms with van der Waals surface area (Å²) in [5, 5.41) is 2.89. The lowest BCUT2D eigenvalue weighted by Crippen LogP contribution is -2.30. The molecule has 0 spiro atoms. The first kappa shape index (κ1) is 20.5. The fraction of sp³-hybridized carbons (Fsp3) is 0.240. The summed E-state index contributed by atoms with van der Waals surface area (Å²) in [6.45, 7) is 6.31. The number of benzene rings is 3. The van der Waals surface area contributed by atoms with Gasteiger partial charge >= 0.3 is 0 Å². The molecule has 0 heterocycles. The molecular weight excluding hydrogens is 362 g/mol. The van der Waals surface area contributed by atoms with Crippen molar-refractivity contribution in [2.75, 3.05) is 11.9 Å². The van der Waals surface area contributed by atoms with Gasteiger partial charge < -0.3 is 14.8 Å². The highest BCUT2D eigenvalue weighted by Crippen LogP contribution is 2.24. The molecule has 3 aromatic carbocycles. The number of carbonyl (C=O) groups excluding carboxylic acids is 1. The van der Waals surface area contributed by atoms with Crippen molar-refractivity contribution in [3.63, 3.8) is 0 Å². The van der Waals surface area contributed by atoms with Crippen LogP contribution in [0.25, 0.3) is 0 Å². The zero-order valence-electron chi connectivity index (χ0n) is 17.1. The number of anilines is 1. The molecule has 1 N–H and O–H groups in total. The van der Waals surface area contributed by atoms with Gasteiger partial charge in [-0.3, -0.25) is 4.79 Å². The topological polar surface area (TPSA) is 47.6 Å². The van der Waals surface area contributed by atoms with E-state index >= 15 is 0 Å². The fourth-order valence-corrected chi connectivity index (χ4v) is 3.03. The number of hydrogen-bond acceptors (Lipinski definition) is 3. The van der Waals surface area contributed by atoms with E-state index in [1.807, 2.05) is 74.5 Å². The van der Waals surface area contributed by atoms with Crippen molar-refractivity contribution in [2.24, 2.45) is 0 Å². The van der Waals surface area contributed by atoms with Gasteiger partial charge in [0.05, 0.1) is 6.61 Å². The number of aryl methyl sites for hydroxylation is 2. The Bertz CT molecular complexity index is 916. The third kappa shape index (κ3) is 5.85. The third-order valence-corrected chi connectivity index (χ3v) is 4.70. The van der Waals surface area contributed by atoms with Crippen LogP contribution in [0.2, 0.25) is 0 Å². The zero-order valence-corrected chi connectivity index (χ0v) is 17.1. The molecule has 0 radical (unpaired) electrons. The van der Waals surface area contributed by atoms with Crippen LogP contribution >= 0.6 is 0 Å². The second-order valence-electron chi connectivity index (χ2n) is 7.08. The third-order valence-electron chi connectivity index (χ3n) is 4.70. The maximum Gasteiger partial charge on any atom is 0.265 e. The van der Waals surface area contributed by atoms with Crippen LogP contribution < -0.4 is 14.8 Å². The number of amides is 1. The first-order chi connectivity index (χ1) is 14.0. The summed E-state index contributed by atoms with van der Waals surface area (Å²) in [7, 11) is 0. The van der Waals surface area contributed by atoms with Crippen molar-refractivity contribution < 1.29 is 14.3 Å². The van der Waals surface area contributed by atoms with E-state index in [-0.39, 0.29) is 5.91 Å². The Kier molecular flexibility index (Phi) is 6.90. The highest BCUT2D eigenvalue weighted by Gasteiger charge is 2.17. The summed E-state index contributed by atoms with van der Waals surface area (Å²) in [6.07, 6.45) is 0.253. The average molecular weight is 389 g/mol. The van der Waals surface area contributed by atoms with E-state index < -0.39 is 6.10 Å². The van der Waals surface area contributed by atoms with Crippen molar-refractivity contribution in [3.05, 3.63) is 89.5 Å². The van der Waals surface area contributed by atoms with Crippen molar-refractivity contribution in [1.82, 2.24) is 0 Å². The van der Waals surface area contributed by atoms with E-state index in [9.17, 15) is 4.79 Å². The minimum Gasteiger partial charge on any atom is -0.493 e. The van der Waals surface area contributed by atoms with Gasteiger partial charge in [0.25, 0.3) is 5.91 Å². The lowest BCUT2D eigenvalue weighted by Gasteiger charge is -2.18. The normalized spacial score (nSPS) is 11.6. The van der Waals surface area contributed by atoms with Gasteiger partial charge in [-0.25, -0.2) is 0 Å². The molecule has 29 heavy (non-hydrogen) atoms. The minimum absolute atomic E-state index is 0.189. The Morgan fingerprint density at radius 1 is 0.897 bits per heavy atom. The van der Waals surface area contributed by atoms with E-state index in [1.165, 1.54) is 5.56 Å². The van der Waals surface area contributed by atoms with Crippen LogP contribution in [0.15, 0.2) is 72.8 Å². The zero-order chi connectivity index (χ0) is 20.6. The van der Waals surface area contributed by atoms with Crippen molar-refractivity contribution in [3.8, 4) is 11.5 Å². The molecule has 1 unspecified atom stereocenters. The summed E-state index contributed by atoms with van der Waals surface area (Å²) in [5.41, 5.74) is 3.99. The maximum atomic E-state index is 12.5. The molecule has 3 aromatic rings. The summed E-state index contributed by atoms with van der Waals surface area (Å²) in [6, 6.07) is 23.5. The predicted molar refractivity (Wildman–Crippen MR) is 117 cm³/mol. The molecule has 4 heteroatoms. The van der Waals surface area contributed by atoms with E-state index in [1.54, 1.807) is 6.92 Å². The van der Waals surface area contributed by atoms with Crippen molar-refractivity contribution in [1.29, 1.82) is 0 Å². The highest BCUT2D eigenvalue weighted by atomic mass is 16.5. The van der Waals surface area contributed by atoms with E-state index in [0.29, 0.717) is 12.3 Å². The molecule has 0 saturated heterocycles. The molecule has 0 saturated carbocycles. The summed E-state index contributed by atoms with van der Waals surface area (Å²) >= 11 is 0. The van der Waals surface area contributed by atoms with Gasteiger partial charge in [0.1, 0.15) is 11.5 Å². The summed E-state index contributed by atoms with van der Waals surface area (Å²) < 4.78 is 11.7. The van der Waals surface area contributed by atoms with Crippen LogP contribution in [-0.2, 0) is 11.2 Å². The first-order valence-corrected chi connectivity index (χ1v) is 9.83. The molecule has 0 aliphatic heterocycles. The van der Waals surface area contributed by atoms with Crippen molar-refractivity contribution in [2.45, 2.75) is 33.3 Å². The highest BCUT2D eigenvalue weighted by molar-refractivity contribution is 5.94. The van der Waals surface area contributed by atoms with Gasteiger partial charge in [0.15, 0.2) is 6.10 Å². The van der Waals surface area contributed by atoms with E-state index in [4.69, 9.17) is 9.47 Å². The van der Waals surface area contributed by atoms with Crippen molar-refractivity contribution >= 4 is 11.6 Å². The van der Waals surface area contributed by atoms with E-state index in [0.717, 1.165) is 29.0 Å². The largest absolute Gasteiger partial charge is 0.493 e. The molecule has 1 amide bonds. The second kappa shape index (κ2) is 9.78. The number of carbonyl (C=O) groups is 1. The summed E-state index contributed by atoms with van der Waals surface area (Å²) in [5.74, 6) is 1.35. The lowest BCUT2D eigenvalue weighted by atomic mass is 10.1. The standard InChI is InChI=1S/C25H27NO3/c1-18-8-7-9-19(2)24(18)29-20(3)25(27)26-22-12-14-23(15-13-22)28-17-16-21-10-5-4-6-11-21/h4-15,20H,16-17H2,1-3H3,(H,26,27). The molecule has 0 aliphatic carbocycles. The van der Waals surface area contributed by atoms with Gasteiger partial charge in [-0.1, -0.05) is 48.5 Å². The number of hydrogen-bond donors (Lipinski definition) is 1. The number of ether oxygens (including phenoxy) is 2. The minimum atomic E-state index is -0.600. The van der Waals surface area contributed by atoms with Crippen LogP contribution in [0.4, 0.5) is 5.69 Å². The fourth-order valence-electron chi connectivity index (χ4n) is 3.03. The van der Waals surface area contributed by atoms with Crippen LogP contribution in [0.1, 0.15) is 23.6 Å². The summed E-state index contributed by atoms with van der Waals surface area (Å²) in [4.78, 5) is 12.5. The SMILES string of the molecule is Cc1cccc(C)c1OC(C)C(=O)Nc1ccc(OCCc2ccccc2)cc1. The molecule has 0 aromatic heterocycles. The van der Waals surface area contributed by atoms with Gasteiger partial charge in [-0.15, -0.1) is 0 Å². The number of para-hydroxylation sites is 1. The van der Waals surface area contributed by atoms with Crippen LogP contribution in [0, 0.1) is 13.8 Å². The van der Waals surface area contributed by atoms with Crippen LogP contribution in [0.3, 0.4) is 0 Å². The smallest absolute Gasteiger partial charge is 0.265 e. The molecule has 0 aliphatic rings. The Balaban J connectivity index is 1.50. The second-order valence-corrected chi connectivity index (χ2v) is 7.08. The Morgan fingerprint density at radius 3 is 2.21 bits per heavy atom. The molecule has 1 atom stereocenters. The number of rotatable bonds is 8. The van der Waals surface area contributed by atoms with E-state index in [2.05, 4.69) is 17.4 Å². The van der Waals surface area contributed by atoms with Gasteiger partial charge in [-0.05, 0) is 61.7 Å². The molecule has 0 fully saturated rings. The maximum absolute atomic E-state index is 12.5. The van der Waals surface area contributed by atoms with Crippen LogP contribution in [0.5, 0.6) is 11.5 Å². The van der Waals surface area contributed by atoms with Gasteiger partial charge in [-0.2, -0.15) is 0 Å².